The molecule has 0 saturated heterocycles. The first-order chi connectivity index (χ1) is 14.0. The summed E-state index contributed by atoms with van der Waals surface area (Å²) >= 11 is 5.91. The Morgan fingerprint density at radius 3 is 2.47 bits per heavy atom. The zero-order valence-electron chi connectivity index (χ0n) is 17.5. The number of rotatable bonds is 4. The van der Waals surface area contributed by atoms with Crippen LogP contribution in [0.3, 0.4) is 0 Å². The Labute approximate surface area is 179 Å². The number of aryl methyl sites for hydroxylation is 2. The molecule has 3 rings (SSSR count). The maximum absolute atomic E-state index is 14.3. The maximum atomic E-state index is 14.3. The van der Waals surface area contributed by atoms with E-state index in [9.17, 15) is 14.0 Å². The van der Waals surface area contributed by atoms with Gasteiger partial charge in [0.2, 0.25) is 0 Å². The van der Waals surface area contributed by atoms with Crippen LogP contribution in [0, 0.1) is 12.7 Å². The molecule has 3 aromatic rings. The van der Waals surface area contributed by atoms with Gasteiger partial charge in [0.15, 0.2) is 5.78 Å². The van der Waals surface area contributed by atoms with Crippen molar-refractivity contribution < 1.29 is 14.0 Å². The first kappa shape index (κ1) is 21.7. The van der Waals surface area contributed by atoms with Crippen molar-refractivity contribution in [2.45, 2.75) is 33.1 Å². The molecule has 0 atom stereocenters. The molecule has 1 N–H and O–H groups in total. The molecule has 30 heavy (non-hydrogen) atoms. The number of carbonyl (C=O) groups excluding carboxylic acids is 2. The summed E-state index contributed by atoms with van der Waals surface area (Å²) < 4.78 is 15.8. The highest BCUT2D eigenvalue weighted by atomic mass is 35.5. The third-order valence-corrected chi connectivity index (χ3v) is 5.16. The van der Waals surface area contributed by atoms with Crippen LogP contribution in [-0.2, 0) is 12.5 Å². The third-order valence-electron chi connectivity index (χ3n) is 4.76. The van der Waals surface area contributed by atoms with Crippen LogP contribution in [-0.4, -0.2) is 21.5 Å². The Balaban J connectivity index is 1.86. The van der Waals surface area contributed by atoms with Gasteiger partial charge in [-0.1, -0.05) is 44.5 Å². The van der Waals surface area contributed by atoms with E-state index in [-0.39, 0.29) is 27.5 Å². The highest BCUT2D eigenvalue weighted by Crippen LogP contribution is 2.24. The predicted octanol–water partition coefficient (Wildman–Crippen LogP) is 5.30. The molecule has 156 valence electrons. The number of halogens is 2. The van der Waals surface area contributed by atoms with Gasteiger partial charge in [-0.15, -0.1) is 0 Å². The number of benzene rings is 2. The normalized spacial score (nSPS) is 11.4. The van der Waals surface area contributed by atoms with Crippen molar-refractivity contribution >= 4 is 29.0 Å². The Hall–Kier alpha value is -2.99. The quantitative estimate of drug-likeness (QED) is 0.574. The molecule has 1 heterocycles. The van der Waals surface area contributed by atoms with Gasteiger partial charge in [0.05, 0.1) is 11.3 Å². The lowest BCUT2D eigenvalue weighted by molar-refractivity contribution is 0.101. The van der Waals surface area contributed by atoms with Crippen molar-refractivity contribution in [1.82, 2.24) is 9.78 Å². The average Bonchev–Trinajstić information content (AvgIpc) is 3.06. The first-order valence-corrected chi connectivity index (χ1v) is 9.81. The van der Waals surface area contributed by atoms with E-state index in [0.29, 0.717) is 16.9 Å². The lowest BCUT2D eigenvalue weighted by atomic mass is 9.92. The van der Waals surface area contributed by atoms with Crippen molar-refractivity contribution in [2.24, 2.45) is 7.05 Å². The summed E-state index contributed by atoms with van der Waals surface area (Å²) in [6.07, 6.45) is 0. The molecule has 0 saturated carbocycles. The van der Waals surface area contributed by atoms with Crippen LogP contribution in [0.5, 0.6) is 0 Å². The molecule has 1 aromatic heterocycles. The second kappa shape index (κ2) is 8.03. The molecule has 0 aliphatic carbocycles. The maximum Gasteiger partial charge on any atom is 0.273 e. The third kappa shape index (κ3) is 4.44. The highest BCUT2D eigenvalue weighted by Gasteiger charge is 2.22. The van der Waals surface area contributed by atoms with Crippen molar-refractivity contribution in [1.29, 1.82) is 0 Å². The van der Waals surface area contributed by atoms with Gasteiger partial charge < -0.3 is 5.32 Å². The lowest BCUT2D eigenvalue weighted by Crippen LogP contribution is -2.16. The van der Waals surface area contributed by atoms with Gasteiger partial charge in [-0.25, -0.2) is 4.39 Å². The smallest absolute Gasteiger partial charge is 0.273 e. The summed E-state index contributed by atoms with van der Waals surface area (Å²) in [5.41, 5.74) is 2.23. The zero-order chi connectivity index (χ0) is 22.2. The number of nitrogens with zero attached hydrogens (tertiary/aromatic N) is 2. The Kier molecular flexibility index (Phi) is 5.81. The number of anilines is 1. The van der Waals surface area contributed by atoms with Gasteiger partial charge in [-0.3, -0.25) is 14.3 Å². The summed E-state index contributed by atoms with van der Waals surface area (Å²) in [5, 5.41) is 7.44. The SMILES string of the molecule is Cc1cc(C(=O)c2cccc(NC(=O)c3cc(C(C)(C)C)nn3C)c2)c(F)cc1Cl. The Morgan fingerprint density at radius 2 is 1.83 bits per heavy atom. The molecule has 0 unspecified atom stereocenters. The first-order valence-electron chi connectivity index (χ1n) is 9.43. The fraction of sp³-hybridized carbons (Fsp3) is 0.261. The molecular formula is C23H23ClFN3O2. The fourth-order valence-corrected chi connectivity index (χ4v) is 3.12. The van der Waals surface area contributed by atoms with Gasteiger partial charge >= 0.3 is 0 Å². The minimum atomic E-state index is -0.686. The van der Waals surface area contributed by atoms with Gasteiger partial charge in [-0.2, -0.15) is 5.10 Å². The molecule has 7 heteroatoms. The predicted molar refractivity (Wildman–Crippen MR) is 116 cm³/mol. The van der Waals surface area contributed by atoms with Crippen LogP contribution >= 0.6 is 11.6 Å². The topological polar surface area (TPSA) is 64.0 Å². The van der Waals surface area contributed by atoms with Crippen LogP contribution in [0.4, 0.5) is 10.1 Å². The summed E-state index contributed by atoms with van der Waals surface area (Å²) in [4.78, 5) is 25.5. The van der Waals surface area contributed by atoms with Crippen molar-refractivity contribution in [2.75, 3.05) is 5.32 Å². The molecule has 0 aliphatic heterocycles. The molecular weight excluding hydrogens is 405 g/mol. The molecule has 0 radical (unpaired) electrons. The van der Waals surface area contributed by atoms with Crippen LogP contribution in [0.25, 0.3) is 0 Å². The van der Waals surface area contributed by atoms with Crippen LogP contribution in [0.2, 0.25) is 5.02 Å². The van der Waals surface area contributed by atoms with E-state index in [1.54, 1.807) is 38.2 Å². The summed E-state index contributed by atoms with van der Waals surface area (Å²) in [6, 6.07) is 10.7. The molecule has 1 amide bonds. The van der Waals surface area contributed by atoms with E-state index >= 15 is 0 Å². The van der Waals surface area contributed by atoms with Crippen molar-refractivity contribution in [3.05, 3.63) is 81.4 Å². The second-order valence-electron chi connectivity index (χ2n) is 8.23. The number of amides is 1. The van der Waals surface area contributed by atoms with Gasteiger partial charge in [0.25, 0.3) is 5.91 Å². The van der Waals surface area contributed by atoms with Crippen LogP contribution in [0.1, 0.15) is 58.4 Å². The number of carbonyl (C=O) groups is 2. The Morgan fingerprint density at radius 1 is 1.13 bits per heavy atom. The lowest BCUT2D eigenvalue weighted by Gasteiger charge is -2.13. The number of aromatic nitrogens is 2. The summed E-state index contributed by atoms with van der Waals surface area (Å²) in [5.74, 6) is -1.52. The van der Waals surface area contributed by atoms with E-state index < -0.39 is 11.6 Å². The summed E-state index contributed by atoms with van der Waals surface area (Å²) in [7, 11) is 1.70. The van der Waals surface area contributed by atoms with E-state index in [2.05, 4.69) is 10.4 Å². The number of hydrogen-bond donors (Lipinski definition) is 1. The van der Waals surface area contributed by atoms with Crippen LogP contribution < -0.4 is 5.32 Å². The molecule has 5 nitrogen and oxygen atoms in total. The minimum absolute atomic E-state index is 0.0677. The molecule has 0 spiro atoms. The van der Waals surface area contributed by atoms with Gasteiger partial charge in [-0.05, 0) is 42.8 Å². The molecule has 0 fully saturated rings. The monoisotopic (exact) mass is 427 g/mol. The molecule has 2 aromatic carbocycles. The van der Waals surface area contributed by atoms with E-state index in [0.717, 1.165) is 11.8 Å². The Bertz CT molecular complexity index is 1150. The molecule has 0 bridgehead atoms. The van der Waals surface area contributed by atoms with Crippen molar-refractivity contribution in [3.63, 3.8) is 0 Å². The number of nitrogens with one attached hydrogen (secondary N) is 1. The van der Waals surface area contributed by atoms with E-state index in [1.165, 1.54) is 16.8 Å². The van der Waals surface area contributed by atoms with Gasteiger partial charge in [0, 0.05) is 28.7 Å². The standard InChI is InChI=1S/C23H23ClFN3O2/c1-13-9-16(18(25)11-17(13)24)21(29)14-7-6-8-15(10-14)26-22(30)19-12-20(23(2,3)4)27-28(19)5/h6-12H,1-5H3,(H,26,30). The van der Waals surface area contributed by atoms with E-state index in [4.69, 9.17) is 11.6 Å². The van der Waals surface area contributed by atoms with Gasteiger partial charge in [0.1, 0.15) is 11.5 Å². The number of hydrogen-bond acceptors (Lipinski definition) is 3. The van der Waals surface area contributed by atoms with Crippen molar-refractivity contribution in [3.8, 4) is 0 Å². The zero-order valence-corrected chi connectivity index (χ0v) is 18.3. The minimum Gasteiger partial charge on any atom is -0.321 e. The highest BCUT2D eigenvalue weighted by molar-refractivity contribution is 6.31. The van der Waals surface area contributed by atoms with E-state index in [1.807, 2.05) is 20.8 Å². The molecule has 0 aliphatic rings. The summed E-state index contributed by atoms with van der Waals surface area (Å²) in [6.45, 7) is 7.76. The largest absolute Gasteiger partial charge is 0.321 e. The van der Waals surface area contributed by atoms with Crippen LogP contribution in [0.15, 0.2) is 42.5 Å². The number of ketones is 1. The average molecular weight is 428 g/mol. The second-order valence-corrected chi connectivity index (χ2v) is 8.64. The fourth-order valence-electron chi connectivity index (χ4n) is 2.97.